The van der Waals surface area contributed by atoms with Crippen LogP contribution in [0, 0.1) is 16.7 Å². The second-order valence-corrected chi connectivity index (χ2v) is 21.1. The number of nitrogens with zero attached hydrogens (tertiary/aromatic N) is 5. The van der Waals surface area contributed by atoms with Gasteiger partial charge in [-0.15, -0.1) is 0 Å². The number of aryl methyl sites for hydroxylation is 1. The van der Waals surface area contributed by atoms with E-state index in [1.807, 2.05) is 39.0 Å². The number of carbonyl (C=O) groups excluding carboxylic acids is 5. The van der Waals surface area contributed by atoms with Crippen LogP contribution in [0.15, 0.2) is 54.7 Å². The molecular weight excluding hydrogens is 877 g/mol. The van der Waals surface area contributed by atoms with E-state index in [0.717, 1.165) is 44.5 Å². The van der Waals surface area contributed by atoms with Crippen molar-refractivity contribution < 1.29 is 38.6 Å². The Kier molecular flexibility index (Phi) is 13.4. The van der Waals surface area contributed by atoms with Crippen molar-refractivity contribution in [3.8, 4) is 28.1 Å². The fraction of sp³-hybridized carbons (Fsp3) is 0.547. The number of hydrazine groups is 1. The molecule has 7 heterocycles. The highest BCUT2D eigenvalue weighted by Crippen LogP contribution is 2.44. The maximum atomic E-state index is 14.9. The van der Waals surface area contributed by atoms with Crippen molar-refractivity contribution in [1.82, 2.24) is 40.4 Å². The molecule has 368 valence electrons. The zero-order valence-corrected chi connectivity index (χ0v) is 41.1. The number of pyridine rings is 1. The van der Waals surface area contributed by atoms with E-state index in [1.165, 1.54) is 5.01 Å². The summed E-state index contributed by atoms with van der Waals surface area (Å²) in [6.07, 6.45) is 4.89. The summed E-state index contributed by atoms with van der Waals surface area (Å²) in [5.74, 6) is -1.82. The van der Waals surface area contributed by atoms with Crippen LogP contribution in [0.1, 0.15) is 96.6 Å². The lowest BCUT2D eigenvalue weighted by Gasteiger charge is -2.40. The Bertz CT molecular complexity index is 2660. The van der Waals surface area contributed by atoms with E-state index in [-0.39, 0.29) is 55.2 Å². The number of amides is 4. The first-order chi connectivity index (χ1) is 33.0. The minimum absolute atomic E-state index is 0.000607. The van der Waals surface area contributed by atoms with Gasteiger partial charge in [0.15, 0.2) is 0 Å². The van der Waals surface area contributed by atoms with E-state index in [0.29, 0.717) is 76.8 Å². The average Bonchev–Trinajstić information content (AvgIpc) is 4.10. The summed E-state index contributed by atoms with van der Waals surface area (Å²) in [5.41, 5.74) is 8.87. The number of hydrogen-bond acceptors (Lipinski definition) is 11. The minimum Gasteiger partial charge on any atom is -0.508 e. The van der Waals surface area contributed by atoms with Gasteiger partial charge in [-0.05, 0) is 117 Å². The van der Waals surface area contributed by atoms with Crippen LogP contribution in [0.2, 0.25) is 0 Å². The van der Waals surface area contributed by atoms with Gasteiger partial charge in [0.1, 0.15) is 23.9 Å². The monoisotopic (exact) mass is 945 g/mol. The zero-order valence-electron chi connectivity index (χ0n) is 41.1. The fourth-order valence-corrected chi connectivity index (χ4v) is 11.4. The zero-order chi connectivity index (χ0) is 48.9. The Morgan fingerprint density at radius 3 is 2.55 bits per heavy atom. The molecule has 69 heavy (non-hydrogen) atoms. The molecule has 5 aliphatic rings. The summed E-state index contributed by atoms with van der Waals surface area (Å²) in [6.45, 7) is 15.0. The van der Waals surface area contributed by atoms with Crippen molar-refractivity contribution in [2.75, 3.05) is 46.4 Å². The Labute approximate surface area is 404 Å². The van der Waals surface area contributed by atoms with E-state index >= 15 is 0 Å². The van der Waals surface area contributed by atoms with Crippen LogP contribution in [0.4, 0.5) is 0 Å². The molecule has 0 saturated carbocycles. The maximum Gasteiger partial charge on any atom is 0.324 e. The van der Waals surface area contributed by atoms with Gasteiger partial charge in [0.05, 0.1) is 35.6 Å². The molecule has 16 nitrogen and oxygen atoms in total. The van der Waals surface area contributed by atoms with E-state index in [2.05, 4.69) is 59.6 Å². The highest BCUT2D eigenvalue weighted by molar-refractivity contribution is 5.97. The lowest BCUT2D eigenvalue weighted by atomic mass is 9.78. The molecule has 1 spiro atoms. The molecule has 4 saturated heterocycles. The van der Waals surface area contributed by atoms with E-state index in [9.17, 15) is 29.1 Å². The van der Waals surface area contributed by atoms with Crippen molar-refractivity contribution in [3.63, 3.8) is 0 Å². The van der Waals surface area contributed by atoms with Crippen LogP contribution in [0.5, 0.6) is 5.75 Å². The molecule has 4 fully saturated rings. The summed E-state index contributed by atoms with van der Waals surface area (Å²) in [4.78, 5) is 79.6. The largest absolute Gasteiger partial charge is 0.508 e. The molecule has 16 heteroatoms. The standard InChI is InChI=1S/C53H68N8O8/c1-8-59-43-15-14-34-26-38(43)39(46(59)37-12-9-18-54-44(37)32(4)68-7)27-52(5,6)30-69-50(66)40-13-10-20-61(57-40)49(65)41(24-33-22-35(34)25-36(62)23-33)56-47(63)45(31(2)3)60-21-17-53(51(60)67)16-11-19-58(29-53)48(64)42-28-55-42/h9,12,14-15,18,22-23,25-26,31-32,40-42,45,55,57,62H,8,10-11,13,16-17,19-21,24,27-30H2,1-7H3,(H,56,63)/t32-,40-,41-,42-,45-,53+/m0/s1. The number of phenolic OH excluding ortho intramolecular Hbond substituents is 1. The van der Waals surface area contributed by atoms with E-state index in [1.54, 1.807) is 35.2 Å². The number of fused-ring (bicyclic) bond motifs is 6. The number of benzene rings is 2. The molecule has 5 aliphatic heterocycles. The smallest absolute Gasteiger partial charge is 0.324 e. The molecule has 4 N–H and O–H groups in total. The second kappa shape index (κ2) is 19.2. The summed E-state index contributed by atoms with van der Waals surface area (Å²) in [5, 5.41) is 20.0. The van der Waals surface area contributed by atoms with Gasteiger partial charge in [-0.3, -0.25) is 34.0 Å². The van der Waals surface area contributed by atoms with Crippen LogP contribution < -0.4 is 16.1 Å². The lowest BCUT2D eigenvalue weighted by Crippen LogP contribution is -2.62. The van der Waals surface area contributed by atoms with Crippen LogP contribution in [0.25, 0.3) is 33.3 Å². The van der Waals surface area contributed by atoms with Crippen molar-refractivity contribution in [2.45, 2.75) is 123 Å². The molecule has 4 amide bonds. The van der Waals surface area contributed by atoms with Crippen molar-refractivity contribution in [3.05, 3.63) is 71.5 Å². The second-order valence-electron chi connectivity index (χ2n) is 21.1. The van der Waals surface area contributed by atoms with Gasteiger partial charge < -0.3 is 39.6 Å². The number of piperidine rings is 1. The van der Waals surface area contributed by atoms with Crippen LogP contribution in [-0.4, -0.2) is 130 Å². The van der Waals surface area contributed by atoms with Crippen LogP contribution >= 0.6 is 0 Å². The normalized spacial score (nSPS) is 24.9. The third-order valence-electron chi connectivity index (χ3n) is 15.1. The Morgan fingerprint density at radius 1 is 1.01 bits per heavy atom. The molecule has 6 atom stereocenters. The number of carbonyl (C=O) groups is 5. The summed E-state index contributed by atoms with van der Waals surface area (Å²) in [7, 11) is 1.68. The van der Waals surface area contributed by atoms with Crippen molar-refractivity contribution in [2.24, 2.45) is 16.7 Å². The SMILES string of the molecule is CCn1c(-c2cccnc2[C@H](C)OC)c2c3cc(ccc31)-c1cc(O)cc(c1)C[C@H](NC(=O)[C@H](C(C)C)N1CC[C@@]3(CCCN(C(=O)[C@@H]4CN4)C3)C1=O)C(=O)N1CCC[C@H](N1)C(=O)OCC(C)(C)C2. The predicted molar refractivity (Wildman–Crippen MR) is 260 cm³/mol. The minimum atomic E-state index is -1.15. The number of phenols is 1. The number of ether oxygens (including phenoxy) is 2. The Balaban J connectivity index is 1.09. The number of nitrogens with one attached hydrogen (secondary N) is 3. The van der Waals surface area contributed by atoms with Crippen LogP contribution in [-0.2, 0) is 52.8 Å². The van der Waals surface area contributed by atoms with E-state index < -0.39 is 46.7 Å². The van der Waals surface area contributed by atoms with Gasteiger partial charge in [-0.1, -0.05) is 39.8 Å². The highest BCUT2D eigenvalue weighted by Gasteiger charge is 2.53. The van der Waals surface area contributed by atoms with Crippen molar-refractivity contribution >= 4 is 40.5 Å². The third kappa shape index (κ3) is 9.47. The molecule has 0 radical (unpaired) electrons. The summed E-state index contributed by atoms with van der Waals surface area (Å²) in [6, 6.07) is 12.5. The van der Waals surface area contributed by atoms with E-state index in [4.69, 9.17) is 14.5 Å². The number of methoxy groups -OCH3 is 1. The maximum absolute atomic E-state index is 14.9. The van der Waals surface area contributed by atoms with Gasteiger partial charge in [-0.25, -0.2) is 5.43 Å². The number of hydrogen-bond donors (Lipinski definition) is 4. The number of rotatable bonds is 9. The molecule has 4 aromatic rings. The Morgan fingerprint density at radius 2 is 1.81 bits per heavy atom. The first kappa shape index (κ1) is 48.2. The quantitative estimate of drug-likeness (QED) is 0.126. The van der Waals surface area contributed by atoms with Crippen molar-refractivity contribution in [1.29, 1.82) is 0 Å². The first-order valence-electron chi connectivity index (χ1n) is 24.9. The topological polar surface area (TPSA) is 198 Å². The predicted octanol–water partition coefficient (Wildman–Crippen LogP) is 5.29. The number of likely N-dealkylation sites (tertiary alicyclic amines) is 2. The highest BCUT2D eigenvalue weighted by atomic mass is 16.5. The summed E-state index contributed by atoms with van der Waals surface area (Å²) >= 11 is 0. The molecule has 6 bridgehead atoms. The summed E-state index contributed by atoms with van der Waals surface area (Å²) < 4.78 is 14.3. The molecule has 0 unspecified atom stereocenters. The molecule has 2 aromatic heterocycles. The number of esters is 1. The first-order valence-corrected chi connectivity index (χ1v) is 24.9. The Hall–Kier alpha value is -5.84. The number of aromatic hydroxyl groups is 1. The molecule has 0 aliphatic carbocycles. The number of aromatic nitrogens is 2. The van der Waals surface area contributed by atoms with Gasteiger partial charge in [0.2, 0.25) is 17.7 Å². The number of cyclic esters (lactones) is 1. The average molecular weight is 945 g/mol. The fourth-order valence-electron chi connectivity index (χ4n) is 11.4. The van der Waals surface area contributed by atoms with Gasteiger partial charge in [0.25, 0.3) is 5.91 Å². The lowest BCUT2D eigenvalue weighted by molar-refractivity contribution is -0.155. The van der Waals surface area contributed by atoms with Gasteiger partial charge in [-0.2, -0.15) is 0 Å². The molecule has 9 rings (SSSR count). The molecular formula is C53H68N8O8. The third-order valence-corrected chi connectivity index (χ3v) is 15.1. The van der Waals surface area contributed by atoms with Crippen LogP contribution in [0.3, 0.4) is 0 Å². The van der Waals surface area contributed by atoms with Gasteiger partial charge in [0, 0.05) is 80.9 Å². The van der Waals surface area contributed by atoms with Gasteiger partial charge >= 0.3 is 5.97 Å². The molecule has 2 aromatic carbocycles.